The first kappa shape index (κ1) is 13.0. The number of carbonyl (C=O) groups is 2. The van der Waals surface area contributed by atoms with E-state index < -0.39 is 0 Å². The molecule has 0 bridgehead atoms. The number of amides is 1. The predicted molar refractivity (Wildman–Crippen MR) is 71.3 cm³/mol. The van der Waals surface area contributed by atoms with Gasteiger partial charge in [0.05, 0.1) is 18.2 Å². The van der Waals surface area contributed by atoms with Gasteiger partial charge in [-0.1, -0.05) is 0 Å². The number of aryl methyl sites for hydroxylation is 2. The molecule has 0 aromatic carbocycles. The van der Waals surface area contributed by atoms with Crippen LogP contribution >= 0.6 is 0 Å². The molecule has 0 saturated heterocycles. The van der Waals surface area contributed by atoms with Crippen molar-refractivity contribution < 1.29 is 9.59 Å². The van der Waals surface area contributed by atoms with E-state index in [4.69, 9.17) is 0 Å². The minimum atomic E-state index is -0.174. The summed E-state index contributed by atoms with van der Waals surface area (Å²) in [6, 6.07) is 1.65. The molecule has 1 heterocycles. The van der Waals surface area contributed by atoms with Crippen LogP contribution in [-0.4, -0.2) is 28.0 Å². The van der Waals surface area contributed by atoms with E-state index in [0.29, 0.717) is 25.9 Å². The van der Waals surface area contributed by atoms with E-state index >= 15 is 0 Å². The zero-order chi connectivity index (χ0) is 14.1. The Balaban J connectivity index is 1.55. The van der Waals surface area contributed by atoms with E-state index in [1.165, 1.54) is 4.68 Å². The second kappa shape index (κ2) is 5.19. The quantitative estimate of drug-likeness (QED) is 0.827. The summed E-state index contributed by atoms with van der Waals surface area (Å²) >= 11 is 0. The average molecular weight is 275 g/mol. The Hall–Kier alpha value is -1.98. The van der Waals surface area contributed by atoms with E-state index in [1.54, 1.807) is 6.07 Å². The molecule has 0 atom stereocenters. The SMILES string of the molecule is O=C1CC(C(=O)NCCn2nc3c(cc2=O)CCC3)C1. The third kappa shape index (κ3) is 2.50. The molecule has 2 aliphatic rings. The highest BCUT2D eigenvalue weighted by atomic mass is 16.2. The molecule has 0 unspecified atom stereocenters. The van der Waals surface area contributed by atoms with Crippen LogP contribution in [0.25, 0.3) is 0 Å². The number of hydrogen-bond donors (Lipinski definition) is 1. The Morgan fingerprint density at radius 3 is 2.90 bits per heavy atom. The lowest BCUT2D eigenvalue weighted by atomic mass is 9.83. The molecule has 1 aromatic rings. The fourth-order valence-electron chi connectivity index (χ4n) is 2.70. The van der Waals surface area contributed by atoms with Crippen molar-refractivity contribution in [2.75, 3.05) is 6.54 Å². The first-order valence-corrected chi connectivity index (χ1v) is 7.03. The van der Waals surface area contributed by atoms with Gasteiger partial charge in [-0.15, -0.1) is 0 Å². The van der Waals surface area contributed by atoms with Crippen LogP contribution in [0.4, 0.5) is 0 Å². The lowest BCUT2D eigenvalue weighted by Gasteiger charge is -2.22. The van der Waals surface area contributed by atoms with Crippen LogP contribution < -0.4 is 10.9 Å². The van der Waals surface area contributed by atoms with Gasteiger partial charge in [-0.2, -0.15) is 5.10 Å². The van der Waals surface area contributed by atoms with Crippen molar-refractivity contribution in [2.24, 2.45) is 5.92 Å². The molecule has 6 heteroatoms. The van der Waals surface area contributed by atoms with Crippen LogP contribution in [-0.2, 0) is 29.0 Å². The molecule has 1 saturated carbocycles. The highest BCUT2D eigenvalue weighted by molar-refractivity contribution is 5.96. The fourth-order valence-corrected chi connectivity index (χ4v) is 2.70. The highest BCUT2D eigenvalue weighted by Gasteiger charge is 2.32. The molecule has 1 fully saturated rings. The maximum atomic E-state index is 11.8. The molecule has 3 rings (SSSR count). The smallest absolute Gasteiger partial charge is 0.267 e. The predicted octanol–water partition coefficient (Wildman–Crippen LogP) is -0.173. The van der Waals surface area contributed by atoms with Crippen LogP contribution in [0.5, 0.6) is 0 Å². The molecule has 0 aliphatic heterocycles. The number of rotatable bonds is 4. The van der Waals surface area contributed by atoms with Gasteiger partial charge in [-0.25, -0.2) is 4.68 Å². The Labute approximate surface area is 116 Å². The van der Waals surface area contributed by atoms with Crippen LogP contribution in [0, 0.1) is 5.92 Å². The summed E-state index contributed by atoms with van der Waals surface area (Å²) in [5.41, 5.74) is 1.95. The van der Waals surface area contributed by atoms with Crippen molar-refractivity contribution in [3.05, 3.63) is 27.7 Å². The number of aromatic nitrogens is 2. The number of carbonyl (C=O) groups excluding carboxylic acids is 2. The van der Waals surface area contributed by atoms with Crippen molar-refractivity contribution in [1.82, 2.24) is 15.1 Å². The van der Waals surface area contributed by atoms with Gasteiger partial charge >= 0.3 is 0 Å². The largest absolute Gasteiger partial charge is 0.354 e. The summed E-state index contributed by atoms with van der Waals surface area (Å²) < 4.78 is 1.41. The fraction of sp³-hybridized carbons (Fsp3) is 0.571. The van der Waals surface area contributed by atoms with Crippen molar-refractivity contribution in [3.63, 3.8) is 0 Å². The van der Waals surface area contributed by atoms with E-state index in [2.05, 4.69) is 10.4 Å². The van der Waals surface area contributed by atoms with Gasteiger partial charge in [-0.05, 0) is 24.8 Å². The molecule has 1 N–H and O–H groups in total. The summed E-state index contributed by atoms with van der Waals surface area (Å²) in [7, 11) is 0. The van der Waals surface area contributed by atoms with Crippen molar-refractivity contribution in [2.45, 2.75) is 38.6 Å². The Morgan fingerprint density at radius 2 is 2.15 bits per heavy atom. The Kier molecular flexibility index (Phi) is 3.38. The maximum Gasteiger partial charge on any atom is 0.267 e. The minimum absolute atomic E-state index is 0.0983. The van der Waals surface area contributed by atoms with E-state index in [-0.39, 0.29) is 23.2 Å². The molecule has 1 amide bonds. The molecule has 0 radical (unpaired) electrons. The minimum Gasteiger partial charge on any atom is -0.354 e. The topological polar surface area (TPSA) is 81.1 Å². The number of fused-ring (bicyclic) bond motifs is 1. The van der Waals surface area contributed by atoms with Gasteiger partial charge in [0.25, 0.3) is 5.56 Å². The molecule has 0 spiro atoms. The Bertz CT molecular complexity index is 613. The van der Waals surface area contributed by atoms with E-state index in [9.17, 15) is 14.4 Å². The van der Waals surface area contributed by atoms with Crippen LogP contribution in [0.2, 0.25) is 0 Å². The molecule has 1 aromatic heterocycles. The molecule has 6 nitrogen and oxygen atoms in total. The van der Waals surface area contributed by atoms with Crippen molar-refractivity contribution in [3.8, 4) is 0 Å². The monoisotopic (exact) mass is 275 g/mol. The third-order valence-corrected chi connectivity index (χ3v) is 3.97. The number of nitrogens with zero attached hydrogens (tertiary/aromatic N) is 2. The van der Waals surface area contributed by atoms with Gasteiger partial charge < -0.3 is 5.32 Å². The molecular formula is C14H17N3O3. The van der Waals surface area contributed by atoms with Crippen molar-refractivity contribution in [1.29, 1.82) is 0 Å². The van der Waals surface area contributed by atoms with Crippen LogP contribution in [0.3, 0.4) is 0 Å². The zero-order valence-electron chi connectivity index (χ0n) is 11.2. The van der Waals surface area contributed by atoms with Crippen molar-refractivity contribution >= 4 is 11.7 Å². The van der Waals surface area contributed by atoms with E-state index in [0.717, 1.165) is 30.5 Å². The number of ketones is 1. The van der Waals surface area contributed by atoms with E-state index in [1.807, 2.05) is 0 Å². The zero-order valence-corrected chi connectivity index (χ0v) is 11.2. The lowest BCUT2D eigenvalue weighted by molar-refractivity contribution is -0.138. The summed E-state index contributed by atoms with van der Waals surface area (Å²) in [5, 5.41) is 7.10. The summed E-state index contributed by atoms with van der Waals surface area (Å²) in [6.07, 6.45) is 3.61. The molecule has 106 valence electrons. The normalized spacial score (nSPS) is 17.7. The number of hydrogen-bond acceptors (Lipinski definition) is 4. The first-order chi connectivity index (χ1) is 9.63. The number of Topliss-reactive ketones (excluding diaryl/α,β-unsaturated/α-hetero) is 1. The van der Waals surface area contributed by atoms with Gasteiger partial charge in [0, 0.05) is 25.5 Å². The second-order valence-electron chi connectivity index (χ2n) is 5.47. The molecule has 2 aliphatic carbocycles. The van der Waals surface area contributed by atoms with Crippen LogP contribution in [0.15, 0.2) is 10.9 Å². The number of nitrogens with one attached hydrogen (secondary N) is 1. The summed E-state index contributed by atoms with van der Waals surface area (Å²) in [4.78, 5) is 34.3. The van der Waals surface area contributed by atoms with Gasteiger partial charge in [-0.3, -0.25) is 14.4 Å². The molecule has 20 heavy (non-hydrogen) atoms. The van der Waals surface area contributed by atoms with Crippen LogP contribution in [0.1, 0.15) is 30.5 Å². The first-order valence-electron chi connectivity index (χ1n) is 7.03. The molecular weight excluding hydrogens is 258 g/mol. The average Bonchev–Trinajstić information content (AvgIpc) is 2.82. The second-order valence-corrected chi connectivity index (χ2v) is 5.47. The van der Waals surface area contributed by atoms with Gasteiger partial charge in [0.15, 0.2) is 0 Å². The summed E-state index contributed by atoms with van der Waals surface area (Å²) in [5.74, 6) is -0.132. The standard InChI is InChI=1S/C14H17N3O3/c18-11-6-10(7-11)14(20)15-4-5-17-13(19)8-9-2-1-3-12(9)16-17/h8,10H,1-7H2,(H,15,20). The Morgan fingerprint density at radius 1 is 1.35 bits per heavy atom. The summed E-state index contributed by atoms with van der Waals surface area (Å²) in [6.45, 7) is 0.744. The third-order valence-electron chi connectivity index (χ3n) is 3.97. The van der Waals surface area contributed by atoms with Gasteiger partial charge in [0.1, 0.15) is 5.78 Å². The van der Waals surface area contributed by atoms with Gasteiger partial charge in [0.2, 0.25) is 5.91 Å². The maximum absolute atomic E-state index is 11.8. The lowest BCUT2D eigenvalue weighted by Crippen LogP contribution is -2.41. The highest BCUT2D eigenvalue weighted by Crippen LogP contribution is 2.22.